The van der Waals surface area contributed by atoms with Gasteiger partial charge in [0.05, 0.1) is 5.25 Å². The maximum absolute atomic E-state index is 12.4. The number of rotatable bonds is 6. The van der Waals surface area contributed by atoms with Crippen LogP contribution < -0.4 is 0 Å². The van der Waals surface area contributed by atoms with Crippen LogP contribution in [-0.2, 0) is 25.9 Å². The fraction of sp³-hybridized carbons (Fsp3) is 0.538. The Morgan fingerprint density at radius 2 is 2.19 bits per heavy atom. The number of aromatic nitrogens is 2. The first-order valence-corrected chi connectivity index (χ1v) is 8.99. The van der Waals surface area contributed by atoms with Gasteiger partial charge in [-0.3, -0.25) is 0 Å². The van der Waals surface area contributed by atoms with Crippen molar-refractivity contribution in [2.45, 2.75) is 37.4 Å². The Bertz CT molecular complexity index is 690. The van der Waals surface area contributed by atoms with E-state index in [1.807, 2.05) is 11.4 Å². The predicted octanol–water partition coefficient (Wildman–Crippen LogP) is 2.69. The SMILES string of the molecule is COC(C)(C)c1noc(CS(=O)(=O)C(C)c2cccs2)n1. The first-order valence-electron chi connectivity index (χ1n) is 6.39. The molecule has 0 saturated carbocycles. The molecule has 0 saturated heterocycles. The Labute approximate surface area is 128 Å². The molecule has 8 heteroatoms. The molecule has 2 rings (SSSR count). The van der Waals surface area contributed by atoms with Crippen molar-refractivity contribution in [1.29, 1.82) is 0 Å². The molecule has 0 aromatic carbocycles. The van der Waals surface area contributed by atoms with Gasteiger partial charge in [0.25, 0.3) is 0 Å². The molecular weight excluding hydrogens is 312 g/mol. The highest BCUT2D eigenvalue weighted by atomic mass is 32.2. The van der Waals surface area contributed by atoms with Gasteiger partial charge in [-0.15, -0.1) is 11.3 Å². The van der Waals surface area contributed by atoms with Crippen molar-refractivity contribution in [2.24, 2.45) is 0 Å². The average Bonchev–Trinajstić information content (AvgIpc) is 3.08. The fourth-order valence-electron chi connectivity index (χ4n) is 1.65. The normalized spacial score (nSPS) is 14.3. The zero-order valence-corrected chi connectivity index (χ0v) is 14.0. The van der Waals surface area contributed by atoms with E-state index >= 15 is 0 Å². The van der Waals surface area contributed by atoms with E-state index in [4.69, 9.17) is 9.26 Å². The molecule has 0 radical (unpaired) electrons. The van der Waals surface area contributed by atoms with Gasteiger partial charge < -0.3 is 9.26 Å². The van der Waals surface area contributed by atoms with E-state index in [2.05, 4.69) is 10.1 Å². The van der Waals surface area contributed by atoms with Crippen molar-refractivity contribution in [1.82, 2.24) is 10.1 Å². The van der Waals surface area contributed by atoms with E-state index < -0.39 is 20.7 Å². The summed E-state index contributed by atoms with van der Waals surface area (Å²) in [6.45, 7) is 5.23. The molecule has 0 amide bonds. The third kappa shape index (κ3) is 3.50. The summed E-state index contributed by atoms with van der Waals surface area (Å²) in [5, 5.41) is 5.05. The van der Waals surface area contributed by atoms with E-state index in [0.717, 1.165) is 4.88 Å². The van der Waals surface area contributed by atoms with Crippen molar-refractivity contribution in [2.75, 3.05) is 7.11 Å². The summed E-state index contributed by atoms with van der Waals surface area (Å²) in [6, 6.07) is 3.64. The molecule has 2 aromatic heterocycles. The van der Waals surface area contributed by atoms with E-state index in [1.54, 1.807) is 26.8 Å². The van der Waals surface area contributed by atoms with Gasteiger partial charge in [0, 0.05) is 12.0 Å². The highest BCUT2D eigenvalue weighted by Crippen LogP contribution is 2.29. The molecule has 6 nitrogen and oxygen atoms in total. The summed E-state index contributed by atoms with van der Waals surface area (Å²) in [7, 11) is -1.87. The van der Waals surface area contributed by atoms with Crippen LogP contribution in [0.2, 0.25) is 0 Å². The molecule has 2 heterocycles. The monoisotopic (exact) mass is 330 g/mol. The van der Waals surface area contributed by atoms with Crippen LogP contribution in [0.5, 0.6) is 0 Å². The zero-order chi connectivity index (χ0) is 15.7. The highest BCUT2D eigenvalue weighted by Gasteiger charge is 2.30. The Balaban J connectivity index is 2.18. The van der Waals surface area contributed by atoms with Gasteiger partial charge in [-0.1, -0.05) is 11.2 Å². The van der Waals surface area contributed by atoms with Crippen molar-refractivity contribution < 1.29 is 17.7 Å². The second-order valence-electron chi connectivity index (χ2n) is 5.19. The van der Waals surface area contributed by atoms with Gasteiger partial charge in [-0.25, -0.2) is 8.42 Å². The predicted molar refractivity (Wildman–Crippen MR) is 79.7 cm³/mol. The summed E-state index contributed by atoms with van der Waals surface area (Å²) in [5.41, 5.74) is -0.717. The van der Waals surface area contributed by atoms with Crippen LogP contribution >= 0.6 is 11.3 Å². The quantitative estimate of drug-likeness (QED) is 0.810. The maximum Gasteiger partial charge on any atom is 0.241 e. The second kappa shape index (κ2) is 5.86. The minimum Gasteiger partial charge on any atom is -0.371 e. The van der Waals surface area contributed by atoms with Crippen molar-refractivity contribution in [3.05, 3.63) is 34.1 Å². The van der Waals surface area contributed by atoms with Crippen LogP contribution in [0, 0.1) is 0 Å². The van der Waals surface area contributed by atoms with Crippen molar-refractivity contribution >= 4 is 21.2 Å². The third-order valence-corrected chi connectivity index (χ3v) is 6.51. The van der Waals surface area contributed by atoms with E-state index in [-0.39, 0.29) is 11.6 Å². The van der Waals surface area contributed by atoms with Crippen LogP contribution in [-0.4, -0.2) is 25.7 Å². The Kier molecular flexibility index (Phi) is 4.50. The van der Waals surface area contributed by atoms with Gasteiger partial charge in [0.1, 0.15) is 11.4 Å². The van der Waals surface area contributed by atoms with E-state index in [1.165, 1.54) is 18.4 Å². The molecule has 1 atom stereocenters. The lowest BCUT2D eigenvalue weighted by molar-refractivity contribution is 0.00973. The van der Waals surface area contributed by atoms with Crippen molar-refractivity contribution in [3.8, 4) is 0 Å². The Morgan fingerprint density at radius 3 is 2.76 bits per heavy atom. The van der Waals surface area contributed by atoms with Gasteiger partial charge in [0.15, 0.2) is 9.84 Å². The van der Waals surface area contributed by atoms with Gasteiger partial charge in [0.2, 0.25) is 11.7 Å². The molecule has 2 aromatic rings. The molecule has 0 aliphatic rings. The second-order valence-corrected chi connectivity index (χ2v) is 8.49. The van der Waals surface area contributed by atoms with Crippen LogP contribution in [0.1, 0.15) is 42.6 Å². The first-order chi connectivity index (χ1) is 9.76. The number of nitrogens with zero attached hydrogens (tertiary/aromatic N) is 2. The highest BCUT2D eigenvalue weighted by molar-refractivity contribution is 7.91. The lowest BCUT2D eigenvalue weighted by Gasteiger charge is -2.17. The zero-order valence-electron chi connectivity index (χ0n) is 12.4. The van der Waals surface area contributed by atoms with Crippen LogP contribution in [0.15, 0.2) is 22.0 Å². The van der Waals surface area contributed by atoms with Gasteiger partial charge in [-0.05, 0) is 32.2 Å². The number of hydrogen-bond donors (Lipinski definition) is 0. The molecule has 1 unspecified atom stereocenters. The van der Waals surface area contributed by atoms with Crippen LogP contribution in [0.25, 0.3) is 0 Å². The largest absolute Gasteiger partial charge is 0.371 e. The maximum atomic E-state index is 12.4. The number of ether oxygens (including phenoxy) is 1. The first kappa shape index (κ1) is 16.1. The summed E-state index contributed by atoms with van der Waals surface area (Å²) < 4.78 is 35.0. The summed E-state index contributed by atoms with van der Waals surface area (Å²) in [6.07, 6.45) is 0. The molecule has 0 aliphatic carbocycles. The summed E-state index contributed by atoms with van der Waals surface area (Å²) >= 11 is 1.42. The Hall–Kier alpha value is -1.25. The third-order valence-electron chi connectivity index (χ3n) is 3.32. The molecule has 0 fully saturated rings. The molecule has 0 spiro atoms. The van der Waals surface area contributed by atoms with Crippen LogP contribution in [0.4, 0.5) is 0 Å². The fourth-order valence-corrected chi connectivity index (χ4v) is 4.06. The van der Waals surface area contributed by atoms with E-state index in [9.17, 15) is 8.42 Å². The topological polar surface area (TPSA) is 82.3 Å². The number of thiophene rings is 1. The van der Waals surface area contributed by atoms with Crippen molar-refractivity contribution in [3.63, 3.8) is 0 Å². The number of methoxy groups -OCH3 is 1. The molecule has 116 valence electrons. The van der Waals surface area contributed by atoms with E-state index in [0.29, 0.717) is 5.82 Å². The smallest absolute Gasteiger partial charge is 0.241 e. The minimum absolute atomic E-state index is 0.0820. The van der Waals surface area contributed by atoms with Crippen LogP contribution in [0.3, 0.4) is 0 Å². The van der Waals surface area contributed by atoms with Gasteiger partial charge >= 0.3 is 0 Å². The molecule has 0 aliphatic heterocycles. The van der Waals surface area contributed by atoms with Gasteiger partial charge in [-0.2, -0.15) is 4.98 Å². The summed E-state index contributed by atoms with van der Waals surface area (Å²) in [4.78, 5) is 4.92. The number of hydrogen-bond acceptors (Lipinski definition) is 7. The minimum atomic E-state index is -3.40. The standard InChI is InChI=1S/C13H18N2O4S2/c1-9(10-6-5-7-20-10)21(16,17)8-11-14-12(15-19-11)13(2,3)18-4/h5-7,9H,8H2,1-4H3. The average molecular weight is 330 g/mol. The molecule has 0 bridgehead atoms. The molecule has 21 heavy (non-hydrogen) atoms. The summed E-state index contributed by atoms with van der Waals surface area (Å²) in [5.74, 6) is 0.135. The Morgan fingerprint density at radius 1 is 1.48 bits per heavy atom. The lowest BCUT2D eigenvalue weighted by atomic mass is 10.1. The molecular formula is C13H18N2O4S2. The number of sulfone groups is 1. The molecule has 0 N–H and O–H groups in total. The lowest BCUT2D eigenvalue weighted by Crippen LogP contribution is -2.21.